The van der Waals surface area contributed by atoms with Crippen molar-refractivity contribution >= 4 is 5.69 Å². The van der Waals surface area contributed by atoms with E-state index in [1.54, 1.807) is 0 Å². The van der Waals surface area contributed by atoms with Gasteiger partial charge in [0.2, 0.25) is 0 Å². The Morgan fingerprint density at radius 1 is 1.13 bits per heavy atom. The highest BCUT2D eigenvalue weighted by Gasteiger charge is 2.11. The molecule has 1 heteroatoms. The Hall–Kier alpha value is -0.980. The molecule has 0 saturated heterocycles. The van der Waals surface area contributed by atoms with Gasteiger partial charge in [0.1, 0.15) is 0 Å². The van der Waals surface area contributed by atoms with Gasteiger partial charge in [-0.25, -0.2) is 0 Å². The van der Waals surface area contributed by atoms with Gasteiger partial charge in [-0.3, -0.25) is 0 Å². The third kappa shape index (κ3) is 3.58. The molecule has 0 aliphatic rings. The first kappa shape index (κ1) is 12.1. The lowest BCUT2D eigenvalue weighted by Gasteiger charge is -2.29. The molecule has 0 aliphatic heterocycles. The first-order valence-electron chi connectivity index (χ1n) is 6.07. The summed E-state index contributed by atoms with van der Waals surface area (Å²) in [5, 5.41) is 0. The number of hydrogen-bond donors (Lipinski definition) is 0. The second kappa shape index (κ2) is 6.49. The standard InChI is InChI=1S/C14H23N/c1-4-6-10-13(5-2)15(3)14-11-8-7-9-12-14/h7-9,11-13H,4-6,10H2,1-3H3. The van der Waals surface area contributed by atoms with Gasteiger partial charge in [-0.1, -0.05) is 44.9 Å². The Bertz CT molecular complexity index is 255. The predicted octanol–water partition coefficient (Wildman–Crippen LogP) is 4.09. The number of hydrogen-bond acceptors (Lipinski definition) is 1. The Morgan fingerprint density at radius 3 is 2.33 bits per heavy atom. The number of rotatable bonds is 6. The highest BCUT2D eigenvalue weighted by atomic mass is 15.1. The van der Waals surface area contributed by atoms with Gasteiger partial charge in [-0.05, 0) is 25.0 Å². The van der Waals surface area contributed by atoms with E-state index in [1.807, 2.05) is 0 Å². The third-order valence-electron chi connectivity index (χ3n) is 3.07. The van der Waals surface area contributed by atoms with Crippen LogP contribution in [0, 0.1) is 0 Å². The Kier molecular flexibility index (Phi) is 5.23. The van der Waals surface area contributed by atoms with Crippen LogP contribution in [-0.4, -0.2) is 13.1 Å². The molecule has 0 heterocycles. The molecular weight excluding hydrogens is 182 g/mol. The summed E-state index contributed by atoms with van der Waals surface area (Å²) in [6.07, 6.45) is 5.15. The monoisotopic (exact) mass is 205 g/mol. The summed E-state index contributed by atoms with van der Waals surface area (Å²) in [4.78, 5) is 2.41. The Morgan fingerprint density at radius 2 is 1.80 bits per heavy atom. The average Bonchev–Trinajstić information content (AvgIpc) is 2.31. The minimum absolute atomic E-state index is 0.687. The van der Waals surface area contributed by atoms with Gasteiger partial charge < -0.3 is 4.90 Å². The zero-order valence-corrected chi connectivity index (χ0v) is 10.2. The van der Waals surface area contributed by atoms with Crippen LogP contribution in [-0.2, 0) is 0 Å². The van der Waals surface area contributed by atoms with Crippen molar-refractivity contribution in [2.75, 3.05) is 11.9 Å². The van der Waals surface area contributed by atoms with Gasteiger partial charge in [0.05, 0.1) is 0 Å². The molecule has 1 rings (SSSR count). The summed E-state index contributed by atoms with van der Waals surface area (Å²) < 4.78 is 0. The van der Waals surface area contributed by atoms with Crippen molar-refractivity contribution in [1.82, 2.24) is 0 Å². The maximum Gasteiger partial charge on any atom is 0.0366 e. The topological polar surface area (TPSA) is 3.24 Å². The fourth-order valence-corrected chi connectivity index (χ4v) is 1.99. The smallest absolute Gasteiger partial charge is 0.0366 e. The summed E-state index contributed by atoms with van der Waals surface area (Å²) in [5.74, 6) is 0. The molecule has 1 atom stereocenters. The van der Waals surface area contributed by atoms with E-state index < -0.39 is 0 Å². The van der Waals surface area contributed by atoms with Crippen molar-refractivity contribution < 1.29 is 0 Å². The van der Waals surface area contributed by atoms with Crippen LogP contribution in [0.1, 0.15) is 39.5 Å². The van der Waals surface area contributed by atoms with Crippen LogP contribution in [0.2, 0.25) is 0 Å². The average molecular weight is 205 g/mol. The van der Waals surface area contributed by atoms with Crippen LogP contribution in [0.4, 0.5) is 5.69 Å². The predicted molar refractivity (Wildman–Crippen MR) is 68.4 cm³/mol. The van der Waals surface area contributed by atoms with E-state index in [4.69, 9.17) is 0 Å². The highest BCUT2D eigenvalue weighted by Crippen LogP contribution is 2.19. The maximum absolute atomic E-state index is 2.41. The second-order valence-electron chi connectivity index (χ2n) is 4.15. The molecule has 0 aromatic heterocycles. The van der Waals surface area contributed by atoms with E-state index in [0.717, 1.165) is 0 Å². The third-order valence-corrected chi connectivity index (χ3v) is 3.07. The SMILES string of the molecule is CCCCC(CC)N(C)c1ccccc1. The summed E-state index contributed by atoms with van der Waals surface area (Å²) in [5.41, 5.74) is 1.33. The molecule has 1 aromatic carbocycles. The molecular formula is C14H23N. The molecule has 15 heavy (non-hydrogen) atoms. The summed E-state index contributed by atoms with van der Waals surface area (Å²) >= 11 is 0. The summed E-state index contributed by atoms with van der Waals surface area (Å²) in [7, 11) is 2.21. The van der Waals surface area contributed by atoms with Crippen molar-refractivity contribution in [1.29, 1.82) is 0 Å². The number of nitrogens with zero attached hydrogens (tertiary/aromatic N) is 1. The first-order valence-corrected chi connectivity index (χ1v) is 6.07. The van der Waals surface area contributed by atoms with E-state index in [1.165, 1.54) is 31.4 Å². The maximum atomic E-state index is 2.41. The normalized spacial score (nSPS) is 12.5. The van der Waals surface area contributed by atoms with Gasteiger partial charge in [0.15, 0.2) is 0 Å². The van der Waals surface area contributed by atoms with Gasteiger partial charge in [-0.2, -0.15) is 0 Å². The van der Waals surface area contributed by atoms with E-state index in [9.17, 15) is 0 Å². The fourth-order valence-electron chi connectivity index (χ4n) is 1.99. The molecule has 1 nitrogen and oxygen atoms in total. The Balaban J connectivity index is 2.60. The molecule has 0 aliphatic carbocycles. The molecule has 0 fully saturated rings. The number of unbranched alkanes of at least 4 members (excludes halogenated alkanes) is 1. The highest BCUT2D eigenvalue weighted by molar-refractivity contribution is 5.46. The van der Waals surface area contributed by atoms with Crippen molar-refractivity contribution in [2.45, 2.75) is 45.6 Å². The van der Waals surface area contributed by atoms with Gasteiger partial charge in [0.25, 0.3) is 0 Å². The van der Waals surface area contributed by atoms with Crippen molar-refractivity contribution in [3.8, 4) is 0 Å². The minimum atomic E-state index is 0.687. The molecule has 0 radical (unpaired) electrons. The molecule has 0 amide bonds. The molecule has 0 bridgehead atoms. The van der Waals surface area contributed by atoms with Crippen LogP contribution in [0.3, 0.4) is 0 Å². The quantitative estimate of drug-likeness (QED) is 0.676. The van der Waals surface area contributed by atoms with Crippen LogP contribution >= 0.6 is 0 Å². The zero-order chi connectivity index (χ0) is 11.1. The molecule has 84 valence electrons. The minimum Gasteiger partial charge on any atom is -0.372 e. The number of anilines is 1. The van der Waals surface area contributed by atoms with Gasteiger partial charge in [-0.15, -0.1) is 0 Å². The second-order valence-corrected chi connectivity index (χ2v) is 4.15. The van der Waals surface area contributed by atoms with Crippen molar-refractivity contribution in [2.24, 2.45) is 0 Å². The zero-order valence-electron chi connectivity index (χ0n) is 10.2. The summed E-state index contributed by atoms with van der Waals surface area (Å²) in [6, 6.07) is 11.4. The number of benzene rings is 1. The van der Waals surface area contributed by atoms with Gasteiger partial charge >= 0.3 is 0 Å². The van der Waals surface area contributed by atoms with Crippen LogP contribution in [0.15, 0.2) is 30.3 Å². The number of para-hydroxylation sites is 1. The van der Waals surface area contributed by atoms with Crippen molar-refractivity contribution in [3.63, 3.8) is 0 Å². The lowest BCUT2D eigenvalue weighted by molar-refractivity contribution is 0.537. The molecule has 0 saturated carbocycles. The van der Waals surface area contributed by atoms with Crippen molar-refractivity contribution in [3.05, 3.63) is 30.3 Å². The lowest BCUT2D eigenvalue weighted by atomic mass is 10.1. The van der Waals surface area contributed by atoms with Crippen LogP contribution in [0.25, 0.3) is 0 Å². The van der Waals surface area contributed by atoms with E-state index >= 15 is 0 Å². The molecule has 0 spiro atoms. The molecule has 1 aromatic rings. The van der Waals surface area contributed by atoms with E-state index in [-0.39, 0.29) is 0 Å². The van der Waals surface area contributed by atoms with E-state index in [0.29, 0.717) is 6.04 Å². The Labute approximate surface area is 94.1 Å². The molecule has 1 unspecified atom stereocenters. The largest absolute Gasteiger partial charge is 0.372 e. The van der Waals surface area contributed by atoms with Crippen LogP contribution in [0.5, 0.6) is 0 Å². The fraction of sp³-hybridized carbons (Fsp3) is 0.571. The molecule has 0 N–H and O–H groups in total. The lowest BCUT2D eigenvalue weighted by Crippen LogP contribution is -2.30. The van der Waals surface area contributed by atoms with E-state index in [2.05, 4.69) is 56.1 Å². The summed E-state index contributed by atoms with van der Waals surface area (Å²) in [6.45, 7) is 4.54. The van der Waals surface area contributed by atoms with Gasteiger partial charge in [0, 0.05) is 18.8 Å². The first-order chi connectivity index (χ1) is 7.29. The van der Waals surface area contributed by atoms with Crippen LogP contribution < -0.4 is 4.90 Å².